The largest absolute Gasteiger partial charge is 0.490 e. The first-order chi connectivity index (χ1) is 13.0. The van der Waals surface area contributed by atoms with Crippen LogP contribution in [0.1, 0.15) is 26.7 Å². The fraction of sp³-hybridized carbons (Fsp3) is 0.350. The van der Waals surface area contributed by atoms with Gasteiger partial charge in [0.25, 0.3) is 5.91 Å². The van der Waals surface area contributed by atoms with Gasteiger partial charge in [-0.05, 0) is 37.1 Å². The fourth-order valence-corrected chi connectivity index (χ4v) is 2.17. The Morgan fingerprint density at radius 1 is 0.889 bits per heavy atom. The quantitative estimate of drug-likeness (QED) is 0.658. The minimum atomic E-state index is -0.865. The third-order valence-electron chi connectivity index (χ3n) is 3.40. The number of carbonyl (C=O) groups excluding carboxylic acids is 1. The predicted octanol–water partition coefficient (Wildman–Crippen LogP) is 4.56. The molecule has 0 aromatic heterocycles. The van der Waals surface area contributed by atoms with Crippen molar-refractivity contribution in [2.24, 2.45) is 0 Å². The smallest absolute Gasteiger partial charge is 0.262 e. The number of anilines is 1. The summed E-state index contributed by atoms with van der Waals surface area (Å²) in [6.45, 7) is 4.66. The number of rotatable bonds is 10. The van der Waals surface area contributed by atoms with Crippen molar-refractivity contribution in [2.45, 2.75) is 26.7 Å². The molecule has 0 radical (unpaired) electrons. The molecule has 1 amide bonds. The zero-order valence-corrected chi connectivity index (χ0v) is 15.4. The van der Waals surface area contributed by atoms with E-state index in [1.54, 1.807) is 18.2 Å². The molecule has 0 aliphatic rings. The molecule has 5 nitrogen and oxygen atoms in total. The van der Waals surface area contributed by atoms with E-state index in [1.807, 2.05) is 13.8 Å². The molecule has 1 N–H and O–H groups in total. The van der Waals surface area contributed by atoms with Crippen LogP contribution in [0.15, 0.2) is 36.4 Å². The molecule has 0 heterocycles. The summed E-state index contributed by atoms with van der Waals surface area (Å²) in [5, 5.41) is 2.65. The second-order valence-corrected chi connectivity index (χ2v) is 5.77. The standard InChI is InChI=1S/C20H23F2NO4/c1-3-9-25-18-8-6-15(12-19(18)26-10-4-2)23-20(24)13-27-17-7-5-14(21)11-16(17)22/h5-8,11-12H,3-4,9-10,13H2,1-2H3,(H,23,24). The van der Waals surface area contributed by atoms with Crippen LogP contribution in [0.4, 0.5) is 14.5 Å². The van der Waals surface area contributed by atoms with Gasteiger partial charge in [-0.3, -0.25) is 4.79 Å². The molecule has 7 heteroatoms. The van der Waals surface area contributed by atoms with E-state index in [4.69, 9.17) is 14.2 Å². The normalized spacial score (nSPS) is 10.4. The Morgan fingerprint density at radius 2 is 1.56 bits per heavy atom. The Labute approximate surface area is 157 Å². The van der Waals surface area contributed by atoms with E-state index in [2.05, 4.69) is 5.32 Å². The molecule has 0 saturated carbocycles. The van der Waals surface area contributed by atoms with E-state index in [9.17, 15) is 13.6 Å². The summed E-state index contributed by atoms with van der Waals surface area (Å²) in [5.74, 6) is -1.12. The van der Waals surface area contributed by atoms with Crippen molar-refractivity contribution in [3.8, 4) is 17.2 Å². The summed E-state index contributed by atoms with van der Waals surface area (Å²) in [7, 11) is 0. The number of amides is 1. The molecular weight excluding hydrogens is 356 g/mol. The maximum Gasteiger partial charge on any atom is 0.262 e. The summed E-state index contributed by atoms with van der Waals surface area (Å²) in [4.78, 5) is 12.0. The van der Waals surface area contributed by atoms with Gasteiger partial charge in [-0.25, -0.2) is 8.78 Å². The molecule has 0 bridgehead atoms. The monoisotopic (exact) mass is 379 g/mol. The van der Waals surface area contributed by atoms with Crippen LogP contribution in [0.3, 0.4) is 0 Å². The summed E-state index contributed by atoms with van der Waals surface area (Å²) >= 11 is 0. The summed E-state index contributed by atoms with van der Waals surface area (Å²) in [5.41, 5.74) is 0.498. The van der Waals surface area contributed by atoms with Crippen molar-refractivity contribution < 1.29 is 27.8 Å². The Hall–Kier alpha value is -2.83. The van der Waals surface area contributed by atoms with Crippen LogP contribution in [-0.4, -0.2) is 25.7 Å². The van der Waals surface area contributed by atoms with E-state index in [0.717, 1.165) is 25.0 Å². The van der Waals surface area contributed by atoms with Gasteiger partial charge in [0.15, 0.2) is 29.7 Å². The Balaban J connectivity index is 1.99. The molecule has 27 heavy (non-hydrogen) atoms. The van der Waals surface area contributed by atoms with Crippen molar-refractivity contribution >= 4 is 11.6 Å². The van der Waals surface area contributed by atoms with Crippen molar-refractivity contribution in [3.05, 3.63) is 48.0 Å². The molecule has 0 aliphatic carbocycles. The van der Waals surface area contributed by atoms with Gasteiger partial charge in [0.05, 0.1) is 13.2 Å². The second-order valence-electron chi connectivity index (χ2n) is 5.77. The first-order valence-corrected chi connectivity index (χ1v) is 8.80. The minimum absolute atomic E-state index is 0.193. The van der Waals surface area contributed by atoms with E-state index in [1.165, 1.54) is 0 Å². The third-order valence-corrected chi connectivity index (χ3v) is 3.40. The Bertz CT molecular complexity index is 768. The van der Waals surface area contributed by atoms with Crippen LogP contribution in [0.5, 0.6) is 17.2 Å². The SMILES string of the molecule is CCCOc1ccc(NC(=O)COc2ccc(F)cc2F)cc1OCCC. The first kappa shape index (κ1) is 20.5. The lowest BCUT2D eigenvalue weighted by Gasteiger charge is -2.14. The number of nitrogens with one attached hydrogen (secondary N) is 1. The van der Waals surface area contributed by atoms with Crippen LogP contribution in [0.25, 0.3) is 0 Å². The van der Waals surface area contributed by atoms with Gasteiger partial charge >= 0.3 is 0 Å². The lowest BCUT2D eigenvalue weighted by Crippen LogP contribution is -2.20. The van der Waals surface area contributed by atoms with Gasteiger partial charge in [-0.1, -0.05) is 13.8 Å². The number of halogens is 2. The average Bonchev–Trinajstić information content (AvgIpc) is 2.64. The number of hydrogen-bond donors (Lipinski definition) is 1. The van der Waals surface area contributed by atoms with Gasteiger partial charge in [-0.2, -0.15) is 0 Å². The van der Waals surface area contributed by atoms with Crippen molar-refractivity contribution in [3.63, 3.8) is 0 Å². The van der Waals surface area contributed by atoms with Gasteiger partial charge in [0.2, 0.25) is 0 Å². The van der Waals surface area contributed by atoms with Crippen LogP contribution in [0, 0.1) is 11.6 Å². The van der Waals surface area contributed by atoms with Crippen LogP contribution in [0.2, 0.25) is 0 Å². The second kappa shape index (κ2) is 10.4. The zero-order valence-electron chi connectivity index (χ0n) is 15.4. The minimum Gasteiger partial charge on any atom is -0.490 e. The zero-order chi connectivity index (χ0) is 19.6. The van der Waals surface area contributed by atoms with Gasteiger partial charge in [0, 0.05) is 17.8 Å². The fourth-order valence-electron chi connectivity index (χ4n) is 2.17. The lowest BCUT2D eigenvalue weighted by atomic mass is 10.2. The molecule has 0 spiro atoms. The third kappa shape index (κ3) is 6.44. The molecule has 2 aromatic rings. The molecule has 0 fully saturated rings. The summed E-state index contributed by atoms with van der Waals surface area (Å²) < 4.78 is 42.8. The average molecular weight is 379 g/mol. The topological polar surface area (TPSA) is 56.8 Å². The van der Waals surface area contributed by atoms with Gasteiger partial charge in [0.1, 0.15) is 5.82 Å². The highest BCUT2D eigenvalue weighted by Crippen LogP contribution is 2.31. The van der Waals surface area contributed by atoms with Gasteiger partial charge < -0.3 is 19.5 Å². The number of hydrogen-bond acceptors (Lipinski definition) is 4. The van der Waals surface area contributed by atoms with Gasteiger partial charge in [-0.15, -0.1) is 0 Å². The maximum absolute atomic E-state index is 13.5. The highest BCUT2D eigenvalue weighted by atomic mass is 19.1. The van der Waals surface area contributed by atoms with E-state index in [-0.39, 0.29) is 5.75 Å². The number of ether oxygens (including phenoxy) is 3. The van der Waals surface area contributed by atoms with Crippen LogP contribution in [-0.2, 0) is 4.79 Å². The molecule has 146 valence electrons. The van der Waals surface area contributed by atoms with Crippen molar-refractivity contribution in [1.82, 2.24) is 0 Å². The molecule has 0 aliphatic heterocycles. The molecule has 2 rings (SSSR count). The molecule has 0 atom stereocenters. The summed E-state index contributed by atoms with van der Waals surface area (Å²) in [6, 6.07) is 7.95. The Morgan fingerprint density at radius 3 is 2.22 bits per heavy atom. The van der Waals surface area contributed by atoms with Crippen LogP contribution >= 0.6 is 0 Å². The van der Waals surface area contributed by atoms with E-state index < -0.39 is 24.1 Å². The van der Waals surface area contributed by atoms with E-state index >= 15 is 0 Å². The Kier molecular flexibility index (Phi) is 7.85. The first-order valence-electron chi connectivity index (χ1n) is 8.80. The maximum atomic E-state index is 13.5. The lowest BCUT2D eigenvalue weighted by molar-refractivity contribution is -0.118. The predicted molar refractivity (Wildman–Crippen MR) is 98.5 cm³/mol. The summed E-state index contributed by atoms with van der Waals surface area (Å²) in [6.07, 6.45) is 1.70. The highest BCUT2D eigenvalue weighted by molar-refractivity contribution is 5.92. The van der Waals surface area contributed by atoms with Crippen molar-refractivity contribution in [1.29, 1.82) is 0 Å². The molecular formula is C20H23F2NO4. The highest BCUT2D eigenvalue weighted by Gasteiger charge is 2.11. The number of benzene rings is 2. The molecule has 2 aromatic carbocycles. The van der Waals surface area contributed by atoms with Crippen LogP contribution < -0.4 is 19.5 Å². The van der Waals surface area contributed by atoms with Crippen molar-refractivity contribution in [2.75, 3.05) is 25.1 Å². The number of carbonyl (C=O) groups is 1. The molecule has 0 unspecified atom stereocenters. The van der Waals surface area contributed by atoms with E-state index in [0.29, 0.717) is 36.5 Å². The molecule has 0 saturated heterocycles.